The SMILES string of the molecule is COc1ccc(C(N)=Nc2ccccc2C)cc1. The van der Waals surface area contributed by atoms with Gasteiger partial charge in [-0.1, -0.05) is 18.2 Å². The number of aryl methyl sites for hydroxylation is 1. The molecule has 0 unspecified atom stereocenters. The topological polar surface area (TPSA) is 47.6 Å². The fourth-order valence-corrected chi connectivity index (χ4v) is 1.64. The molecule has 2 rings (SSSR count). The number of ether oxygens (including phenoxy) is 1. The highest BCUT2D eigenvalue weighted by Gasteiger charge is 2.01. The lowest BCUT2D eigenvalue weighted by Crippen LogP contribution is -2.12. The van der Waals surface area contributed by atoms with Crippen molar-refractivity contribution < 1.29 is 4.74 Å². The lowest BCUT2D eigenvalue weighted by Gasteiger charge is -2.04. The number of nitrogens with two attached hydrogens (primary N) is 1. The van der Waals surface area contributed by atoms with Crippen LogP contribution in [-0.2, 0) is 0 Å². The largest absolute Gasteiger partial charge is 0.497 e. The highest BCUT2D eigenvalue weighted by atomic mass is 16.5. The Morgan fingerprint density at radius 3 is 2.33 bits per heavy atom. The molecular formula is C15H16N2O. The average molecular weight is 240 g/mol. The van der Waals surface area contributed by atoms with Gasteiger partial charge in [-0.15, -0.1) is 0 Å². The number of aliphatic imine (C=N–C) groups is 1. The van der Waals surface area contributed by atoms with Crippen molar-refractivity contribution in [2.24, 2.45) is 10.7 Å². The number of hydrogen-bond donors (Lipinski definition) is 1. The van der Waals surface area contributed by atoms with E-state index in [1.54, 1.807) is 7.11 Å². The summed E-state index contributed by atoms with van der Waals surface area (Å²) in [4.78, 5) is 4.44. The number of rotatable bonds is 3. The third-order valence-electron chi connectivity index (χ3n) is 2.74. The molecule has 0 amide bonds. The van der Waals surface area contributed by atoms with Crippen molar-refractivity contribution in [3.8, 4) is 5.75 Å². The minimum absolute atomic E-state index is 0.506. The molecule has 18 heavy (non-hydrogen) atoms. The lowest BCUT2D eigenvalue weighted by molar-refractivity contribution is 0.415. The summed E-state index contributed by atoms with van der Waals surface area (Å²) in [5, 5.41) is 0. The molecule has 2 N–H and O–H groups in total. The molecule has 0 bridgehead atoms. The predicted molar refractivity (Wildman–Crippen MR) is 74.6 cm³/mol. The van der Waals surface area contributed by atoms with Crippen LogP contribution in [0.5, 0.6) is 5.75 Å². The number of hydrogen-bond acceptors (Lipinski definition) is 2. The second kappa shape index (κ2) is 5.36. The number of nitrogens with zero attached hydrogens (tertiary/aromatic N) is 1. The van der Waals surface area contributed by atoms with E-state index in [4.69, 9.17) is 10.5 Å². The second-order valence-electron chi connectivity index (χ2n) is 4.01. The van der Waals surface area contributed by atoms with Crippen LogP contribution in [-0.4, -0.2) is 12.9 Å². The molecule has 92 valence electrons. The third-order valence-corrected chi connectivity index (χ3v) is 2.74. The fraction of sp³-hybridized carbons (Fsp3) is 0.133. The van der Waals surface area contributed by atoms with Gasteiger partial charge in [-0.2, -0.15) is 0 Å². The van der Waals surface area contributed by atoms with Crippen LogP contribution in [0.4, 0.5) is 5.69 Å². The summed E-state index contributed by atoms with van der Waals surface area (Å²) in [7, 11) is 1.64. The maximum Gasteiger partial charge on any atom is 0.131 e. The first-order chi connectivity index (χ1) is 8.70. The lowest BCUT2D eigenvalue weighted by atomic mass is 10.2. The van der Waals surface area contributed by atoms with Crippen LogP contribution in [0.2, 0.25) is 0 Å². The van der Waals surface area contributed by atoms with Gasteiger partial charge in [-0.05, 0) is 42.8 Å². The van der Waals surface area contributed by atoms with Gasteiger partial charge in [0.15, 0.2) is 0 Å². The predicted octanol–water partition coefficient (Wildman–Crippen LogP) is 3.04. The molecule has 2 aromatic rings. The molecular weight excluding hydrogens is 224 g/mol. The molecule has 0 aromatic heterocycles. The van der Waals surface area contributed by atoms with E-state index in [9.17, 15) is 0 Å². The molecule has 3 nitrogen and oxygen atoms in total. The Labute approximate surface area is 107 Å². The van der Waals surface area contributed by atoms with Gasteiger partial charge < -0.3 is 10.5 Å². The number of methoxy groups -OCH3 is 1. The zero-order valence-electron chi connectivity index (χ0n) is 10.6. The summed E-state index contributed by atoms with van der Waals surface area (Å²) in [5.41, 5.74) is 8.88. The monoisotopic (exact) mass is 240 g/mol. The van der Waals surface area contributed by atoms with Crippen molar-refractivity contribution in [2.75, 3.05) is 7.11 Å². The van der Waals surface area contributed by atoms with Crippen LogP contribution < -0.4 is 10.5 Å². The smallest absolute Gasteiger partial charge is 0.131 e. The molecule has 0 aliphatic heterocycles. The molecule has 0 aliphatic carbocycles. The summed E-state index contributed by atoms with van der Waals surface area (Å²) >= 11 is 0. The minimum Gasteiger partial charge on any atom is -0.497 e. The summed E-state index contributed by atoms with van der Waals surface area (Å²) in [6, 6.07) is 15.4. The van der Waals surface area contributed by atoms with Gasteiger partial charge in [-0.3, -0.25) is 0 Å². The van der Waals surface area contributed by atoms with E-state index < -0.39 is 0 Å². The first-order valence-electron chi connectivity index (χ1n) is 5.75. The normalized spacial score (nSPS) is 11.3. The van der Waals surface area contributed by atoms with Crippen molar-refractivity contribution in [1.29, 1.82) is 0 Å². The van der Waals surface area contributed by atoms with Crippen molar-refractivity contribution in [1.82, 2.24) is 0 Å². The van der Waals surface area contributed by atoms with Gasteiger partial charge >= 0.3 is 0 Å². The van der Waals surface area contributed by atoms with Gasteiger partial charge in [0.1, 0.15) is 11.6 Å². The summed E-state index contributed by atoms with van der Waals surface area (Å²) in [6.07, 6.45) is 0. The first-order valence-corrected chi connectivity index (χ1v) is 5.75. The van der Waals surface area contributed by atoms with Gasteiger partial charge in [0.25, 0.3) is 0 Å². The summed E-state index contributed by atoms with van der Waals surface area (Å²) in [5.74, 6) is 1.31. The summed E-state index contributed by atoms with van der Waals surface area (Å²) < 4.78 is 5.11. The van der Waals surface area contributed by atoms with Crippen LogP contribution in [0.25, 0.3) is 0 Å². The molecule has 0 atom stereocenters. The average Bonchev–Trinajstić information content (AvgIpc) is 2.41. The van der Waals surface area contributed by atoms with Gasteiger partial charge in [0, 0.05) is 5.56 Å². The Balaban J connectivity index is 2.30. The van der Waals surface area contributed by atoms with Crippen LogP contribution in [0, 0.1) is 6.92 Å². The van der Waals surface area contributed by atoms with Crippen LogP contribution in [0.1, 0.15) is 11.1 Å². The molecule has 0 fully saturated rings. The molecule has 2 aromatic carbocycles. The fourth-order valence-electron chi connectivity index (χ4n) is 1.64. The number of para-hydroxylation sites is 1. The maximum atomic E-state index is 6.00. The van der Waals surface area contributed by atoms with Crippen LogP contribution >= 0.6 is 0 Å². The molecule has 0 radical (unpaired) electrons. The Morgan fingerprint density at radius 1 is 1.06 bits per heavy atom. The molecule has 3 heteroatoms. The molecule has 0 heterocycles. The van der Waals surface area contributed by atoms with Crippen molar-refractivity contribution in [3.63, 3.8) is 0 Å². The zero-order valence-corrected chi connectivity index (χ0v) is 10.6. The van der Waals surface area contributed by atoms with E-state index in [1.165, 1.54) is 0 Å². The second-order valence-corrected chi connectivity index (χ2v) is 4.01. The highest BCUT2D eigenvalue weighted by Crippen LogP contribution is 2.18. The van der Waals surface area contributed by atoms with Crippen molar-refractivity contribution in [3.05, 3.63) is 59.7 Å². The van der Waals surface area contributed by atoms with E-state index in [2.05, 4.69) is 4.99 Å². The third kappa shape index (κ3) is 2.69. The molecule has 0 spiro atoms. The van der Waals surface area contributed by atoms with E-state index in [-0.39, 0.29) is 0 Å². The van der Waals surface area contributed by atoms with Crippen LogP contribution in [0.15, 0.2) is 53.5 Å². The number of amidine groups is 1. The van der Waals surface area contributed by atoms with E-state index >= 15 is 0 Å². The van der Waals surface area contributed by atoms with Gasteiger partial charge in [0.05, 0.1) is 12.8 Å². The number of benzene rings is 2. The quantitative estimate of drug-likeness (QED) is 0.662. The zero-order chi connectivity index (χ0) is 13.0. The Kier molecular flexibility index (Phi) is 3.63. The Hall–Kier alpha value is -2.29. The van der Waals surface area contributed by atoms with Crippen molar-refractivity contribution in [2.45, 2.75) is 6.92 Å². The van der Waals surface area contributed by atoms with Crippen molar-refractivity contribution >= 4 is 11.5 Å². The summed E-state index contributed by atoms with van der Waals surface area (Å²) in [6.45, 7) is 2.01. The Morgan fingerprint density at radius 2 is 1.72 bits per heavy atom. The first kappa shape index (κ1) is 12.2. The highest BCUT2D eigenvalue weighted by molar-refractivity contribution is 5.99. The maximum absolute atomic E-state index is 6.00. The van der Waals surface area contributed by atoms with Gasteiger partial charge in [0.2, 0.25) is 0 Å². The van der Waals surface area contributed by atoms with E-state index in [0.717, 1.165) is 22.6 Å². The van der Waals surface area contributed by atoms with Crippen LogP contribution in [0.3, 0.4) is 0 Å². The van der Waals surface area contributed by atoms with E-state index in [0.29, 0.717) is 5.84 Å². The molecule has 0 aliphatic rings. The Bertz CT molecular complexity index is 559. The minimum atomic E-state index is 0.506. The van der Waals surface area contributed by atoms with Gasteiger partial charge in [-0.25, -0.2) is 4.99 Å². The molecule has 0 saturated heterocycles. The molecule has 0 saturated carbocycles. The standard InChI is InChI=1S/C15H16N2O/c1-11-5-3-4-6-14(11)17-15(16)12-7-9-13(18-2)10-8-12/h3-10H,1-2H3,(H2,16,17). The van der Waals surface area contributed by atoms with E-state index in [1.807, 2.05) is 55.5 Å².